The molecule has 1 fully saturated rings. The number of nitriles is 1. The van der Waals surface area contributed by atoms with Gasteiger partial charge < -0.3 is 4.74 Å². The molecule has 1 heterocycles. The van der Waals surface area contributed by atoms with Gasteiger partial charge in [0.15, 0.2) is 5.60 Å². The molecule has 3 rings (SSSR count). The summed E-state index contributed by atoms with van der Waals surface area (Å²) in [5, 5.41) is 9.86. The monoisotopic (exact) mass is 446 g/mol. The lowest BCUT2D eigenvalue weighted by Crippen LogP contribution is -2.63. The van der Waals surface area contributed by atoms with Gasteiger partial charge in [-0.2, -0.15) is 5.26 Å². The van der Waals surface area contributed by atoms with E-state index in [1.807, 2.05) is 0 Å². The molecule has 3 nitrogen and oxygen atoms in total. The number of nitrogens with zero attached hydrogens (tertiary/aromatic N) is 2. The summed E-state index contributed by atoms with van der Waals surface area (Å²) in [5.41, 5.74) is 2.33. The highest BCUT2D eigenvalue weighted by atomic mass is 16.5. The van der Waals surface area contributed by atoms with E-state index in [2.05, 4.69) is 92.4 Å². The normalized spacial score (nSPS) is 15.8. The molecule has 178 valence electrons. The fourth-order valence-corrected chi connectivity index (χ4v) is 4.78. The second-order valence-corrected chi connectivity index (χ2v) is 10.9. The molecular weight excluding hydrogens is 404 g/mol. The maximum Gasteiger partial charge on any atom is 0.179 e. The quantitative estimate of drug-likeness (QED) is 0.298. The van der Waals surface area contributed by atoms with Crippen molar-refractivity contribution >= 4 is 0 Å². The van der Waals surface area contributed by atoms with Crippen LogP contribution in [0.25, 0.3) is 0 Å². The molecule has 0 aromatic heterocycles. The highest BCUT2D eigenvalue weighted by Gasteiger charge is 2.47. The zero-order chi connectivity index (χ0) is 23.6. The maximum absolute atomic E-state index is 9.86. The molecule has 0 amide bonds. The third-order valence-electron chi connectivity index (χ3n) is 6.67. The summed E-state index contributed by atoms with van der Waals surface area (Å²) in [5.74, 6) is 0. The second kappa shape index (κ2) is 12.4. The minimum Gasteiger partial charge on any atom is -0.357 e. The van der Waals surface area contributed by atoms with Gasteiger partial charge in [0.05, 0.1) is 6.04 Å². The van der Waals surface area contributed by atoms with Gasteiger partial charge in [-0.25, -0.2) is 0 Å². The average molecular weight is 447 g/mol. The summed E-state index contributed by atoms with van der Waals surface area (Å²) in [6, 6.07) is 23.8. The van der Waals surface area contributed by atoms with Crippen LogP contribution in [0.4, 0.5) is 0 Å². The van der Waals surface area contributed by atoms with Crippen LogP contribution in [0.5, 0.6) is 0 Å². The number of hydrogen-bond acceptors (Lipinski definition) is 3. The minimum atomic E-state index is -0.658. The first-order valence-corrected chi connectivity index (χ1v) is 12.8. The van der Waals surface area contributed by atoms with Crippen molar-refractivity contribution in [2.24, 2.45) is 5.41 Å². The summed E-state index contributed by atoms with van der Waals surface area (Å²) in [6.07, 6.45) is 10.2. The fourth-order valence-electron chi connectivity index (χ4n) is 4.78. The Morgan fingerprint density at radius 1 is 0.818 bits per heavy atom. The van der Waals surface area contributed by atoms with Crippen molar-refractivity contribution in [3.05, 3.63) is 71.8 Å². The minimum absolute atomic E-state index is 0.163. The molecule has 0 spiro atoms. The van der Waals surface area contributed by atoms with E-state index < -0.39 is 5.60 Å². The Morgan fingerprint density at radius 3 is 1.79 bits per heavy atom. The Bertz CT molecular complexity index is 805. The molecule has 0 bridgehead atoms. The number of hydrogen-bond donors (Lipinski definition) is 0. The lowest BCUT2D eigenvalue weighted by molar-refractivity contribution is -0.117. The average Bonchev–Trinajstić information content (AvgIpc) is 2.79. The molecule has 1 aliphatic rings. The lowest BCUT2D eigenvalue weighted by Gasteiger charge is -2.49. The lowest BCUT2D eigenvalue weighted by atomic mass is 9.88. The van der Waals surface area contributed by atoms with Gasteiger partial charge in [0.1, 0.15) is 6.07 Å². The number of unbranched alkanes of at least 4 members (excludes halogenated alkanes) is 6. The highest BCUT2D eigenvalue weighted by Crippen LogP contribution is 2.37. The highest BCUT2D eigenvalue weighted by molar-refractivity contribution is 5.33. The summed E-state index contributed by atoms with van der Waals surface area (Å²) >= 11 is 0. The topological polar surface area (TPSA) is 36.3 Å². The van der Waals surface area contributed by atoms with Gasteiger partial charge in [-0.05, 0) is 29.4 Å². The van der Waals surface area contributed by atoms with Crippen LogP contribution in [0.2, 0.25) is 0 Å². The molecule has 2 aromatic rings. The van der Waals surface area contributed by atoms with Gasteiger partial charge in [0, 0.05) is 19.7 Å². The van der Waals surface area contributed by atoms with E-state index in [-0.39, 0.29) is 6.04 Å². The standard InChI is InChI=1S/C30H42N2O/c1-29(2,3)21-15-7-5-4-6-8-16-22-33-30(23-31)24-32(25-30)28(26-17-11-9-12-18-26)27-19-13-10-14-20-27/h9-14,17-20,28H,4-8,15-16,21-22,24-25H2,1-3H3. The van der Waals surface area contributed by atoms with Gasteiger partial charge >= 0.3 is 0 Å². The van der Waals surface area contributed by atoms with E-state index >= 15 is 0 Å². The molecule has 0 radical (unpaired) electrons. The first-order chi connectivity index (χ1) is 15.9. The molecule has 2 aromatic carbocycles. The molecule has 1 aliphatic heterocycles. The van der Waals surface area contributed by atoms with E-state index in [1.54, 1.807) is 0 Å². The third kappa shape index (κ3) is 7.98. The second-order valence-electron chi connectivity index (χ2n) is 10.9. The molecule has 1 saturated heterocycles. The van der Waals surface area contributed by atoms with Gasteiger partial charge in [0.2, 0.25) is 0 Å². The first-order valence-electron chi connectivity index (χ1n) is 12.8. The van der Waals surface area contributed by atoms with Crippen LogP contribution >= 0.6 is 0 Å². The molecule has 33 heavy (non-hydrogen) atoms. The molecule has 3 heteroatoms. The molecular formula is C30H42N2O. The Kier molecular flexibility index (Phi) is 9.53. The van der Waals surface area contributed by atoms with Gasteiger partial charge in [-0.15, -0.1) is 0 Å². The molecule has 0 aliphatic carbocycles. The van der Waals surface area contributed by atoms with Crippen molar-refractivity contribution in [3.8, 4) is 6.07 Å². The number of benzene rings is 2. The Balaban J connectivity index is 1.39. The van der Waals surface area contributed by atoms with Crippen LogP contribution in [0.1, 0.15) is 89.3 Å². The molecule has 0 atom stereocenters. The predicted molar refractivity (Wildman–Crippen MR) is 137 cm³/mol. The van der Waals surface area contributed by atoms with Crippen molar-refractivity contribution in [1.29, 1.82) is 5.26 Å². The zero-order valence-corrected chi connectivity index (χ0v) is 20.9. The fraction of sp³-hybridized carbons (Fsp3) is 0.567. The summed E-state index contributed by atoms with van der Waals surface area (Å²) in [7, 11) is 0. The van der Waals surface area contributed by atoms with Crippen LogP contribution in [0, 0.1) is 16.7 Å². The number of likely N-dealkylation sites (tertiary alicyclic amines) is 1. The van der Waals surface area contributed by atoms with Gasteiger partial charge in [-0.1, -0.05) is 120 Å². The van der Waals surface area contributed by atoms with E-state index in [9.17, 15) is 5.26 Å². The van der Waals surface area contributed by atoms with Crippen LogP contribution < -0.4 is 0 Å². The van der Waals surface area contributed by atoms with Crippen LogP contribution in [0.3, 0.4) is 0 Å². The Hall–Kier alpha value is -2.15. The number of ether oxygens (including phenoxy) is 1. The Labute approximate surface area is 201 Å². The summed E-state index contributed by atoms with van der Waals surface area (Å²) < 4.78 is 6.15. The predicted octanol–water partition coefficient (Wildman–Crippen LogP) is 7.54. The maximum atomic E-state index is 9.86. The van der Waals surface area contributed by atoms with Crippen LogP contribution in [-0.4, -0.2) is 30.2 Å². The van der Waals surface area contributed by atoms with Crippen molar-refractivity contribution < 1.29 is 4.74 Å². The van der Waals surface area contributed by atoms with Gasteiger partial charge in [0.25, 0.3) is 0 Å². The van der Waals surface area contributed by atoms with Crippen LogP contribution in [-0.2, 0) is 4.74 Å². The molecule has 0 N–H and O–H groups in total. The van der Waals surface area contributed by atoms with Crippen molar-refractivity contribution in [1.82, 2.24) is 4.90 Å². The van der Waals surface area contributed by atoms with Crippen LogP contribution in [0.15, 0.2) is 60.7 Å². The first kappa shape index (κ1) is 25.5. The number of rotatable bonds is 13. The van der Waals surface area contributed by atoms with Crippen molar-refractivity contribution in [2.45, 2.75) is 83.8 Å². The van der Waals surface area contributed by atoms with E-state index in [0.29, 0.717) is 25.1 Å². The van der Waals surface area contributed by atoms with E-state index in [0.717, 1.165) is 6.42 Å². The van der Waals surface area contributed by atoms with E-state index in [4.69, 9.17) is 4.74 Å². The Morgan fingerprint density at radius 2 is 1.30 bits per heavy atom. The molecule has 0 unspecified atom stereocenters. The van der Waals surface area contributed by atoms with Gasteiger partial charge in [-0.3, -0.25) is 4.90 Å². The zero-order valence-electron chi connectivity index (χ0n) is 20.9. The van der Waals surface area contributed by atoms with Crippen molar-refractivity contribution in [3.63, 3.8) is 0 Å². The van der Waals surface area contributed by atoms with E-state index in [1.165, 1.54) is 56.1 Å². The summed E-state index contributed by atoms with van der Waals surface area (Å²) in [4.78, 5) is 2.37. The third-order valence-corrected chi connectivity index (χ3v) is 6.67. The smallest absolute Gasteiger partial charge is 0.179 e. The SMILES string of the molecule is CC(C)(C)CCCCCCCCCOC1(C#N)CN(C(c2ccccc2)c2ccccc2)C1. The molecule has 0 saturated carbocycles. The summed E-state index contributed by atoms with van der Waals surface area (Å²) in [6.45, 7) is 8.98. The van der Waals surface area contributed by atoms with Crippen molar-refractivity contribution in [2.75, 3.05) is 19.7 Å². The largest absolute Gasteiger partial charge is 0.357 e.